The Morgan fingerprint density at radius 1 is 1.24 bits per heavy atom. The quantitative estimate of drug-likeness (QED) is 0.413. The summed E-state index contributed by atoms with van der Waals surface area (Å²) in [6.45, 7) is 3.73. The Bertz CT molecular complexity index is 870. The summed E-state index contributed by atoms with van der Waals surface area (Å²) < 4.78 is 0. The van der Waals surface area contributed by atoms with Gasteiger partial charge in [0.15, 0.2) is 5.16 Å². The molecule has 1 aliphatic heterocycles. The third-order valence-electron chi connectivity index (χ3n) is 5.80. The highest BCUT2D eigenvalue weighted by Crippen LogP contribution is 2.31. The molecule has 1 saturated heterocycles. The SMILES string of the molecule is Cc1cnc(SCc2ccccn2)nc1C1CCCN(C(=O)C2CC=CCC2)C1. The van der Waals surface area contributed by atoms with E-state index in [0.717, 1.165) is 73.1 Å². The van der Waals surface area contributed by atoms with Crippen molar-refractivity contribution in [2.75, 3.05) is 13.1 Å². The molecule has 0 bridgehead atoms. The number of hydrogen-bond donors (Lipinski definition) is 0. The second kappa shape index (κ2) is 9.53. The smallest absolute Gasteiger partial charge is 0.226 e. The van der Waals surface area contributed by atoms with E-state index in [1.807, 2.05) is 30.6 Å². The van der Waals surface area contributed by atoms with Gasteiger partial charge in [-0.15, -0.1) is 0 Å². The number of amides is 1. The molecule has 0 spiro atoms. The molecule has 1 aliphatic carbocycles. The summed E-state index contributed by atoms with van der Waals surface area (Å²) in [5.74, 6) is 1.54. The van der Waals surface area contributed by atoms with Crippen molar-refractivity contribution in [3.8, 4) is 0 Å². The summed E-state index contributed by atoms with van der Waals surface area (Å²) in [5.41, 5.74) is 3.25. The van der Waals surface area contributed by atoms with Gasteiger partial charge in [-0.25, -0.2) is 9.97 Å². The van der Waals surface area contributed by atoms with Crippen molar-refractivity contribution in [3.05, 3.63) is 59.7 Å². The predicted molar refractivity (Wildman–Crippen MR) is 116 cm³/mol. The molecular weight excluding hydrogens is 380 g/mol. The van der Waals surface area contributed by atoms with Crippen LogP contribution in [0.3, 0.4) is 0 Å². The molecule has 2 atom stereocenters. The molecule has 4 rings (SSSR count). The van der Waals surface area contributed by atoms with Gasteiger partial charge >= 0.3 is 0 Å². The van der Waals surface area contributed by atoms with Crippen molar-refractivity contribution < 1.29 is 4.79 Å². The molecular formula is C23H28N4OS. The highest BCUT2D eigenvalue weighted by Gasteiger charge is 2.30. The summed E-state index contributed by atoms with van der Waals surface area (Å²) >= 11 is 1.62. The maximum Gasteiger partial charge on any atom is 0.226 e. The number of hydrogen-bond acceptors (Lipinski definition) is 5. The number of thioether (sulfide) groups is 1. The Morgan fingerprint density at radius 2 is 2.17 bits per heavy atom. The van der Waals surface area contributed by atoms with E-state index in [1.54, 1.807) is 11.8 Å². The van der Waals surface area contributed by atoms with Crippen LogP contribution in [0.1, 0.15) is 55.0 Å². The predicted octanol–water partition coefficient (Wildman–Crippen LogP) is 4.53. The Kier molecular flexibility index (Phi) is 6.60. The Morgan fingerprint density at radius 3 is 2.97 bits per heavy atom. The lowest BCUT2D eigenvalue weighted by Crippen LogP contribution is -2.42. The highest BCUT2D eigenvalue weighted by molar-refractivity contribution is 7.98. The van der Waals surface area contributed by atoms with E-state index in [1.165, 1.54) is 0 Å². The molecule has 3 heterocycles. The van der Waals surface area contributed by atoms with Gasteiger partial charge in [0, 0.05) is 43.1 Å². The molecule has 1 amide bonds. The normalized spacial score (nSPS) is 21.9. The zero-order valence-corrected chi connectivity index (χ0v) is 17.8. The van der Waals surface area contributed by atoms with E-state index in [4.69, 9.17) is 4.98 Å². The second-order valence-corrected chi connectivity index (χ2v) is 8.88. The first-order valence-electron chi connectivity index (χ1n) is 10.5. The number of likely N-dealkylation sites (tertiary alicyclic amines) is 1. The van der Waals surface area contributed by atoms with Crippen LogP contribution in [0.5, 0.6) is 0 Å². The average molecular weight is 409 g/mol. The zero-order chi connectivity index (χ0) is 20.1. The standard InChI is InChI=1S/C23H28N4OS/c1-17-14-25-23(29-16-20-11-5-6-12-24-20)26-21(17)19-10-7-13-27(15-19)22(28)18-8-3-2-4-9-18/h2-3,5-6,11-12,14,18-19H,4,7-10,13,15-16H2,1H3. The summed E-state index contributed by atoms with van der Waals surface area (Å²) in [7, 11) is 0. The molecule has 2 aromatic heterocycles. The molecule has 29 heavy (non-hydrogen) atoms. The van der Waals surface area contributed by atoms with Crippen molar-refractivity contribution >= 4 is 17.7 Å². The van der Waals surface area contributed by atoms with Gasteiger partial charge in [-0.3, -0.25) is 9.78 Å². The minimum atomic E-state index is 0.162. The molecule has 152 valence electrons. The van der Waals surface area contributed by atoms with E-state index in [0.29, 0.717) is 11.8 Å². The number of aryl methyl sites for hydroxylation is 1. The minimum absolute atomic E-state index is 0.162. The Labute approximate surface area is 177 Å². The van der Waals surface area contributed by atoms with Crippen molar-refractivity contribution in [2.24, 2.45) is 5.92 Å². The van der Waals surface area contributed by atoms with E-state index in [-0.39, 0.29) is 5.92 Å². The number of allylic oxidation sites excluding steroid dienone is 2. The Balaban J connectivity index is 1.44. The average Bonchev–Trinajstić information content (AvgIpc) is 2.79. The zero-order valence-electron chi connectivity index (χ0n) is 17.0. The lowest BCUT2D eigenvalue weighted by atomic mass is 9.89. The van der Waals surface area contributed by atoms with Crippen molar-refractivity contribution in [1.29, 1.82) is 0 Å². The van der Waals surface area contributed by atoms with Crippen molar-refractivity contribution in [2.45, 2.75) is 55.9 Å². The van der Waals surface area contributed by atoms with Gasteiger partial charge in [0.2, 0.25) is 5.91 Å². The number of carbonyl (C=O) groups excluding carboxylic acids is 1. The molecule has 0 radical (unpaired) electrons. The number of nitrogens with zero attached hydrogens (tertiary/aromatic N) is 4. The van der Waals surface area contributed by atoms with Crippen LogP contribution in [0.4, 0.5) is 0 Å². The third kappa shape index (κ3) is 5.04. The molecule has 0 aromatic carbocycles. The fourth-order valence-corrected chi connectivity index (χ4v) is 4.96. The molecule has 0 N–H and O–H groups in total. The maximum atomic E-state index is 13.0. The van der Waals surface area contributed by atoms with Gasteiger partial charge in [0.05, 0.1) is 11.4 Å². The van der Waals surface area contributed by atoms with E-state index in [2.05, 4.69) is 33.9 Å². The molecule has 2 aliphatic rings. The monoisotopic (exact) mass is 408 g/mol. The van der Waals surface area contributed by atoms with E-state index >= 15 is 0 Å². The lowest BCUT2D eigenvalue weighted by molar-refractivity contribution is -0.137. The second-order valence-electron chi connectivity index (χ2n) is 7.94. The van der Waals surface area contributed by atoms with Gasteiger partial charge in [0.1, 0.15) is 0 Å². The van der Waals surface area contributed by atoms with Crippen LogP contribution in [-0.4, -0.2) is 38.8 Å². The molecule has 2 unspecified atom stereocenters. The first kappa shape index (κ1) is 20.1. The first-order chi connectivity index (χ1) is 14.2. The molecule has 2 aromatic rings. The van der Waals surface area contributed by atoms with Crippen LogP contribution in [0, 0.1) is 12.8 Å². The van der Waals surface area contributed by atoms with Crippen LogP contribution in [0.15, 0.2) is 47.9 Å². The molecule has 6 heteroatoms. The van der Waals surface area contributed by atoms with Gasteiger partial charge in [-0.1, -0.05) is 30.0 Å². The van der Waals surface area contributed by atoms with Gasteiger partial charge < -0.3 is 4.90 Å². The third-order valence-corrected chi connectivity index (χ3v) is 6.70. The summed E-state index contributed by atoms with van der Waals surface area (Å²) in [6.07, 6.45) is 13.1. The minimum Gasteiger partial charge on any atom is -0.342 e. The topological polar surface area (TPSA) is 59.0 Å². The van der Waals surface area contributed by atoms with Crippen LogP contribution in [0.2, 0.25) is 0 Å². The Hall–Kier alpha value is -2.21. The summed E-state index contributed by atoms with van der Waals surface area (Å²) in [5, 5.41) is 0.789. The highest BCUT2D eigenvalue weighted by atomic mass is 32.2. The number of piperidine rings is 1. The molecule has 1 fully saturated rings. The molecule has 0 saturated carbocycles. The van der Waals surface area contributed by atoms with E-state index in [9.17, 15) is 4.79 Å². The number of carbonyl (C=O) groups is 1. The lowest BCUT2D eigenvalue weighted by Gasteiger charge is -2.35. The van der Waals surface area contributed by atoms with E-state index < -0.39 is 0 Å². The van der Waals surface area contributed by atoms with Crippen LogP contribution in [0.25, 0.3) is 0 Å². The number of rotatable bonds is 5. The van der Waals surface area contributed by atoms with Gasteiger partial charge in [-0.2, -0.15) is 0 Å². The fourth-order valence-electron chi connectivity index (χ4n) is 4.22. The van der Waals surface area contributed by atoms with Crippen LogP contribution >= 0.6 is 11.8 Å². The van der Waals surface area contributed by atoms with Crippen LogP contribution in [-0.2, 0) is 10.5 Å². The summed E-state index contributed by atoms with van der Waals surface area (Å²) in [4.78, 5) is 28.8. The van der Waals surface area contributed by atoms with Crippen LogP contribution < -0.4 is 0 Å². The van der Waals surface area contributed by atoms with Crippen molar-refractivity contribution in [1.82, 2.24) is 19.9 Å². The van der Waals surface area contributed by atoms with Gasteiger partial charge in [0.25, 0.3) is 0 Å². The number of aromatic nitrogens is 3. The summed E-state index contributed by atoms with van der Waals surface area (Å²) in [6, 6.07) is 5.95. The van der Waals surface area contributed by atoms with Gasteiger partial charge in [-0.05, 0) is 56.7 Å². The fraction of sp³-hybridized carbons (Fsp3) is 0.478. The molecule has 5 nitrogen and oxygen atoms in total. The maximum absolute atomic E-state index is 13.0. The largest absolute Gasteiger partial charge is 0.342 e. The van der Waals surface area contributed by atoms with Crippen molar-refractivity contribution in [3.63, 3.8) is 0 Å². The number of pyridine rings is 1. The first-order valence-corrected chi connectivity index (χ1v) is 11.5.